The van der Waals surface area contributed by atoms with Crippen LogP contribution in [0.3, 0.4) is 0 Å². The van der Waals surface area contributed by atoms with Crippen molar-refractivity contribution in [3.05, 3.63) is 48.6 Å². The molecule has 0 saturated heterocycles. The number of aliphatic hydroxyl groups is 2. The van der Waals surface area contributed by atoms with Crippen molar-refractivity contribution in [3.63, 3.8) is 0 Å². The number of esters is 2. The van der Waals surface area contributed by atoms with Crippen LogP contribution >= 0.6 is 0 Å². The van der Waals surface area contributed by atoms with Gasteiger partial charge in [0.1, 0.15) is 19.3 Å². The van der Waals surface area contributed by atoms with Gasteiger partial charge in [-0.1, -0.05) is 153 Å². The van der Waals surface area contributed by atoms with Crippen molar-refractivity contribution >= 4 is 11.9 Å². The van der Waals surface area contributed by atoms with Gasteiger partial charge in [-0.25, -0.2) is 0 Å². The third kappa shape index (κ3) is 33.2. The number of rotatable bonds is 32. The van der Waals surface area contributed by atoms with Gasteiger partial charge in [0.05, 0.1) is 6.10 Å². The van der Waals surface area contributed by atoms with Crippen LogP contribution in [0.25, 0.3) is 0 Å². The van der Waals surface area contributed by atoms with Gasteiger partial charge in [-0.2, -0.15) is 0 Å². The summed E-state index contributed by atoms with van der Waals surface area (Å²) in [5, 5.41) is 20.0. The minimum Gasteiger partial charge on any atom is -0.463 e. The van der Waals surface area contributed by atoms with E-state index < -0.39 is 12.2 Å². The molecule has 0 aliphatic rings. The van der Waals surface area contributed by atoms with Gasteiger partial charge in [-0.15, -0.1) is 0 Å². The first-order valence-electron chi connectivity index (χ1n) is 18.7. The summed E-state index contributed by atoms with van der Waals surface area (Å²) in [6.07, 6.45) is 37.6. The Bertz CT molecular complexity index is 815. The average Bonchev–Trinajstić information content (AvgIpc) is 3.05. The van der Waals surface area contributed by atoms with Gasteiger partial charge in [0.15, 0.2) is 0 Å². The molecule has 6 nitrogen and oxygen atoms in total. The summed E-state index contributed by atoms with van der Waals surface area (Å²) in [6.45, 7) is 6.50. The highest BCUT2D eigenvalue weighted by atomic mass is 16.6. The quantitative estimate of drug-likeness (QED) is 0.0327. The van der Waals surface area contributed by atoms with Crippen molar-refractivity contribution in [2.45, 2.75) is 174 Å². The van der Waals surface area contributed by atoms with Crippen molar-refractivity contribution in [2.24, 2.45) is 5.92 Å². The predicted octanol–water partition coefficient (Wildman–Crippen LogP) is 10.3. The second-order valence-electron chi connectivity index (χ2n) is 12.8. The second-order valence-corrected chi connectivity index (χ2v) is 12.8. The van der Waals surface area contributed by atoms with Crippen LogP contribution in [0.4, 0.5) is 0 Å². The van der Waals surface area contributed by atoms with E-state index in [-0.39, 0.29) is 31.6 Å². The minimum absolute atomic E-state index is 0.150. The molecule has 6 heteroatoms. The largest absolute Gasteiger partial charge is 0.463 e. The van der Waals surface area contributed by atoms with E-state index in [1.807, 2.05) is 42.5 Å². The van der Waals surface area contributed by atoms with Gasteiger partial charge >= 0.3 is 11.9 Å². The summed E-state index contributed by atoms with van der Waals surface area (Å²) in [6, 6.07) is 0. The third-order valence-electron chi connectivity index (χ3n) is 8.19. The summed E-state index contributed by atoms with van der Waals surface area (Å²) in [5.74, 6) is 0.200. The number of hydrogen-bond donors (Lipinski definition) is 2. The first kappa shape index (κ1) is 43.8. The molecule has 0 aromatic carbocycles. The van der Waals surface area contributed by atoms with E-state index in [2.05, 4.69) is 26.8 Å². The molecule has 0 aromatic rings. The molecule has 0 aromatic heterocycles. The lowest BCUT2D eigenvalue weighted by Gasteiger charge is -2.12. The van der Waals surface area contributed by atoms with Crippen molar-refractivity contribution < 1.29 is 29.3 Å². The Hall–Kier alpha value is -2.18. The lowest BCUT2D eigenvalue weighted by Crippen LogP contribution is -2.25. The molecule has 0 fully saturated rings. The smallest absolute Gasteiger partial charge is 0.305 e. The topological polar surface area (TPSA) is 93.1 Å². The number of carbonyl (C=O) groups excluding carboxylic acids is 2. The van der Waals surface area contributed by atoms with Crippen LogP contribution in [-0.2, 0) is 19.1 Å². The Morgan fingerprint density at radius 2 is 1.20 bits per heavy atom. The Balaban J connectivity index is 3.63. The normalized spacial score (nSPS) is 14.1. The van der Waals surface area contributed by atoms with E-state index in [9.17, 15) is 19.8 Å². The Morgan fingerprint density at radius 1 is 0.630 bits per heavy atom. The molecule has 1 unspecified atom stereocenters. The van der Waals surface area contributed by atoms with Crippen molar-refractivity contribution in [2.75, 3.05) is 13.2 Å². The van der Waals surface area contributed by atoms with Crippen molar-refractivity contribution in [1.82, 2.24) is 0 Å². The lowest BCUT2D eigenvalue weighted by molar-refractivity contribution is -0.152. The molecule has 0 radical (unpaired) electrons. The summed E-state index contributed by atoms with van der Waals surface area (Å²) in [4.78, 5) is 23.9. The van der Waals surface area contributed by atoms with Gasteiger partial charge in [0, 0.05) is 12.8 Å². The standard InChI is InChI=1S/C40H70O6/c1-4-6-7-8-14-20-25-30-37(41)31-26-21-16-13-18-23-28-33-40(44)46-35-38(42)34-45-39(43)32-27-22-17-12-10-9-11-15-19-24-29-36(3)5-2/h13-14,18,20-21,25-26,30,36-38,41-42H,4-12,15-17,19,22-24,27-29,31-35H2,1-3H3/b18-13+,20-14-,26-21-,30-25-/t36?,37-,38+/m1/s1. The van der Waals surface area contributed by atoms with Gasteiger partial charge in [-0.05, 0) is 50.9 Å². The first-order chi connectivity index (χ1) is 22.4. The summed E-state index contributed by atoms with van der Waals surface area (Å²) >= 11 is 0. The molecule has 0 amide bonds. The van der Waals surface area contributed by atoms with Gasteiger partial charge in [0.2, 0.25) is 0 Å². The maximum absolute atomic E-state index is 11.9. The van der Waals surface area contributed by atoms with Crippen LogP contribution in [0.1, 0.15) is 162 Å². The van der Waals surface area contributed by atoms with Crippen LogP contribution in [0.15, 0.2) is 48.6 Å². The number of unbranched alkanes of at least 4 members (excludes halogenated alkanes) is 13. The third-order valence-corrected chi connectivity index (χ3v) is 8.19. The fourth-order valence-electron chi connectivity index (χ4n) is 4.90. The highest BCUT2D eigenvalue weighted by molar-refractivity contribution is 5.69. The van der Waals surface area contributed by atoms with Crippen LogP contribution in [-0.4, -0.2) is 47.6 Å². The molecule has 0 aliphatic carbocycles. The second kappa shape index (κ2) is 34.2. The van der Waals surface area contributed by atoms with E-state index in [0.29, 0.717) is 19.3 Å². The van der Waals surface area contributed by atoms with E-state index in [4.69, 9.17) is 9.47 Å². The predicted molar refractivity (Wildman–Crippen MR) is 193 cm³/mol. The van der Waals surface area contributed by atoms with Crippen molar-refractivity contribution in [3.8, 4) is 0 Å². The van der Waals surface area contributed by atoms with Crippen molar-refractivity contribution in [1.29, 1.82) is 0 Å². The molecular weight excluding hydrogens is 576 g/mol. The molecule has 0 bridgehead atoms. The van der Waals surface area contributed by atoms with Crippen LogP contribution < -0.4 is 0 Å². The van der Waals surface area contributed by atoms with E-state index >= 15 is 0 Å². The Morgan fingerprint density at radius 3 is 1.83 bits per heavy atom. The highest BCUT2D eigenvalue weighted by Gasteiger charge is 2.12. The minimum atomic E-state index is -1.00. The number of ether oxygens (including phenoxy) is 2. The number of aliphatic hydroxyl groups excluding tert-OH is 2. The maximum atomic E-state index is 11.9. The van der Waals surface area contributed by atoms with Crippen LogP contribution in [0.2, 0.25) is 0 Å². The van der Waals surface area contributed by atoms with Crippen LogP contribution in [0.5, 0.6) is 0 Å². The summed E-state index contributed by atoms with van der Waals surface area (Å²) < 4.78 is 10.3. The average molecular weight is 647 g/mol. The summed E-state index contributed by atoms with van der Waals surface area (Å²) in [7, 11) is 0. The highest BCUT2D eigenvalue weighted by Crippen LogP contribution is 2.15. The maximum Gasteiger partial charge on any atom is 0.305 e. The molecule has 2 N–H and O–H groups in total. The van der Waals surface area contributed by atoms with E-state index in [1.165, 1.54) is 77.0 Å². The van der Waals surface area contributed by atoms with E-state index in [1.54, 1.807) is 0 Å². The van der Waals surface area contributed by atoms with Gasteiger partial charge < -0.3 is 19.7 Å². The van der Waals surface area contributed by atoms with Crippen LogP contribution in [0, 0.1) is 5.92 Å². The van der Waals surface area contributed by atoms with Gasteiger partial charge in [-0.3, -0.25) is 9.59 Å². The number of carbonyl (C=O) groups is 2. The molecule has 0 heterocycles. The zero-order valence-corrected chi connectivity index (χ0v) is 29.8. The van der Waals surface area contributed by atoms with Gasteiger partial charge in [0.25, 0.3) is 0 Å². The first-order valence-corrected chi connectivity index (χ1v) is 18.7. The molecule has 266 valence electrons. The molecule has 46 heavy (non-hydrogen) atoms. The zero-order chi connectivity index (χ0) is 33.9. The molecule has 0 rings (SSSR count). The monoisotopic (exact) mass is 647 g/mol. The fraction of sp³-hybridized carbons (Fsp3) is 0.750. The Kier molecular flexibility index (Phi) is 32.5. The number of hydrogen-bond acceptors (Lipinski definition) is 6. The molecule has 3 atom stereocenters. The molecule has 0 aliphatic heterocycles. The molecule has 0 spiro atoms. The lowest BCUT2D eigenvalue weighted by atomic mass is 9.99. The van der Waals surface area contributed by atoms with E-state index in [0.717, 1.165) is 44.4 Å². The molecule has 0 saturated carbocycles. The fourth-order valence-corrected chi connectivity index (χ4v) is 4.90. The SMILES string of the molecule is CCCCC/C=C\C=C/[C@@H](O)C/C=C\C/C=C/CCCC(=O)OC[C@@H](O)COC(=O)CCCCCCCCCCCCC(C)CC. The zero-order valence-electron chi connectivity index (χ0n) is 29.8. The summed E-state index contributed by atoms with van der Waals surface area (Å²) in [5.41, 5.74) is 0. The number of allylic oxidation sites excluding steroid dienone is 6. The molecular formula is C40H70O6. The Labute approximate surface area is 282 Å².